The Morgan fingerprint density at radius 3 is 2.17 bits per heavy atom. The number of hydrogen-bond donors (Lipinski definition) is 1. The number of aryl methyl sites for hydroxylation is 1. The molecule has 0 bridgehead atoms. The fourth-order valence-electron chi connectivity index (χ4n) is 5.06. The van der Waals surface area contributed by atoms with E-state index in [-0.39, 0.29) is 46.3 Å². The summed E-state index contributed by atoms with van der Waals surface area (Å²) in [5.74, 6) is -0.666. The average Bonchev–Trinajstić information content (AvgIpc) is 3.06. The number of benzene rings is 4. The van der Waals surface area contributed by atoms with Gasteiger partial charge in [0.05, 0.1) is 17.7 Å². The predicted molar refractivity (Wildman–Crippen MR) is 183 cm³/mol. The number of anilines is 1. The smallest absolute Gasteiger partial charge is 0.264 e. The van der Waals surface area contributed by atoms with Crippen LogP contribution in [0.15, 0.2) is 108 Å². The number of nitrogens with one attached hydrogen (secondary N) is 1. The molecule has 8 nitrogen and oxygen atoms in total. The second-order valence-corrected chi connectivity index (χ2v) is 13.4. The third-order valence-corrected chi connectivity index (χ3v) is 9.90. The highest BCUT2D eigenvalue weighted by molar-refractivity contribution is 7.92. The number of amides is 2. The Balaban J connectivity index is 1.86. The molecule has 0 aliphatic carbocycles. The normalized spacial score (nSPS) is 12.5. The standard InChI is InChI=1S/C36H40ClN3O5S/c1-5-27(3)38-36(42)33(22-28-15-8-6-9-16-28)39(24-29-17-13-12-14-26(29)2)35(41)25-40(32-23-30(37)20-21-34(32)45-4)46(43,44)31-18-10-7-11-19-31/h6-21,23,27,33H,5,22,24-25H2,1-4H3,(H,38,42)/t27-,33-/m1/s1. The van der Waals surface area contributed by atoms with Gasteiger partial charge in [-0.1, -0.05) is 91.3 Å². The molecular formula is C36H40ClN3O5S. The van der Waals surface area contributed by atoms with Crippen LogP contribution in [0, 0.1) is 6.92 Å². The summed E-state index contributed by atoms with van der Waals surface area (Å²) in [6.45, 7) is 5.29. The quantitative estimate of drug-likeness (QED) is 0.169. The Morgan fingerprint density at radius 2 is 1.54 bits per heavy atom. The number of carbonyl (C=O) groups excluding carboxylic acids is 2. The Hall–Kier alpha value is -4.34. The Morgan fingerprint density at radius 1 is 0.913 bits per heavy atom. The molecule has 0 saturated heterocycles. The van der Waals surface area contributed by atoms with Crippen molar-refractivity contribution in [2.45, 2.75) is 57.1 Å². The largest absolute Gasteiger partial charge is 0.495 e. The zero-order valence-electron chi connectivity index (χ0n) is 26.5. The minimum Gasteiger partial charge on any atom is -0.495 e. The van der Waals surface area contributed by atoms with Crippen LogP contribution in [-0.4, -0.2) is 50.9 Å². The van der Waals surface area contributed by atoms with E-state index in [1.807, 2.05) is 75.4 Å². The van der Waals surface area contributed by atoms with Gasteiger partial charge in [-0.2, -0.15) is 0 Å². The van der Waals surface area contributed by atoms with E-state index in [1.165, 1.54) is 30.2 Å². The minimum absolute atomic E-state index is 0.00867. The molecule has 0 saturated carbocycles. The summed E-state index contributed by atoms with van der Waals surface area (Å²) in [5.41, 5.74) is 2.74. The van der Waals surface area contributed by atoms with Crippen LogP contribution in [0.4, 0.5) is 5.69 Å². The molecule has 0 aliphatic heterocycles. The maximum Gasteiger partial charge on any atom is 0.264 e. The summed E-state index contributed by atoms with van der Waals surface area (Å²) >= 11 is 6.36. The molecule has 0 radical (unpaired) electrons. The molecule has 4 rings (SSSR count). The number of rotatable bonds is 14. The van der Waals surface area contributed by atoms with E-state index in [9.17, 15) is 18.0 Å². The number of nitrogens with zero attached hydrogens (tertiary/aromatic N) is 2. The predicted octanol–water partition coefficient (Wildman–Crippen LogP) is 6.41. The van der Waals surface area contributed by atoms with Gasteiger partial charge in [-0.25, -0.2) is 8.42 Å². The topological polar surface area (TPSA) is 96.0 Å². The fourth-order valence-corrected chi connectivity index (χ4v) is 6.66. The Labute approximate surface area is 277 Å². The van der Waals surface area contributed by atoms with Gasteiger partial charge in [-0.15, -0.1) is 0 Å². The van der Waals surface area contributed by atoms with Crippen LogP contribution in [0.1, 0.15) is 37.0 Å². The summed E-state index contributed by atoms with van der Waals surface area (Å²) in [5, 5.41) is 3.32. The number of hydrogen-bond acceptors (Lipinski definition) is 5. The molecule has 0 spiro atoms. The van der Waals surface area contributed by atoms with Gasteiger partial charge in [0.1, 0.15) is 18.3 Å². The van der Waals surface area contributed by atoms with Crippen molar-refractivity contribution in [3.8, 4) is 5.75 Å². The number of ether oxygens (including phenoxy) is 1. The van der Waals surface area contributed by atoms with Crippen molar-refractivity contribution >= 4 is 39.1 Å². The summed E-state index contributed by atoms with van der Waals surface area (Å²) in [7, 11) is -2.88. The molecule has 0 aliphatic rings. The Bertz CT molecular complexity index is 1740. The zero-order valence-corrected chi connectivity index (χ0v) is 28.1. The first kappa shape index (κ1) is 34.5. The number of halogens is 1. The van der Waals surface area contributed by atoms with E-state index >= 15 is 0 Å². The maximum atomic E-state index is 14.7. The third kappa shape index (κ3) is 8.47. The average molecular weight is 662 g/mol. The molecular weight excluding hydrogens is 622 g/mol. The van der Waals surface area contributed by atoms with Crippen molar-refractivity contribution in [2.75, 3.05) is 18.0 Å². The Kier molecular flexibility index (Phi) is 11.8. The highest BCUT2D eigenvalue weighted by atomic mass is 35.5. The molecule has 46 heavy (non-hydrogen) atoms. The maximum absolute atomic E-state index is 14.7. The van der Waals surface area contributed by atoms with Crippen LogP contribution in [-0.2, 0) is 32.6 Å². The van der Waals surface area contributed by atoms with E-state index in [4.69, 9.17) is 16.3 Å². The molecule has 2 amide bonds. The highest BCUT2D eigenvalue weighted by Crippen LogP contribution is 2.35. The van der Waals surface area contributed by atoms with Gasteiger partial charge >= 0.3 is 0 Å². The van der Waals surface area contributed by atoms with Crippen LogP contribution in [0.25, 0.3) is 0 Å². The lowest BCUT2D eigenvalue weighted by Gasteiger charge is -2.35. The summed E-state index contributed by atoms with van der Waals surface area (Å²) in [6, 6.07) is 28.5. The lowest BCUT2D eigenvalue weighted by Crippen LogP contribution is -2.54. The number of carbonyl (C=O) groups is 2. The molecule has 0 unspecified atom stereocenters. The second-order valence-electron chi connectivity index (χ2n) is 11.1. The van der Waals surface area contributed by atoms with Gasteiger partial charge in [0.15, 0.2) is 0 Å². The molecule has 0 aromatic heterocycles. The van der Waals surface area contributed by atoms with Crippen LogP contribution in [0.3, 0.4) is 0 Å². The second kappa shape index (κ2) is 15.8. The van der Waals surface area contributed by atoms with Gasteiger partial charge < -0.3 is 15.0 Å². The molecule has 0 heterocycles. The van der Waals surface area contributed by atoms with Crippen molar-refractivity contribution in [3.05, 3.63) is 125 Å². The number of methoxy groups -OCH3 is 1. The summed E-state index contributed by atoms with van der Waals surface area (Å²) in [6.07, 6.45) is 0.930. The van der Waals surface area contributed by atoms with E-state index in [0.717, 1.165) is 21.0 Å². The van der Waals surface area contributed by atoms with E-state index < -0.39 is 28.5 Å². The van der Waals surface area contributed by atoms with E-state index in [1.54, 1.807) is 30.3 Å². The molecule has 0 fully saturated rings. The SMILES string of the molecule is CC[C@@H](C)NC(=O)[C@@H](Cc1ccccc1)N(Cc1ccccc1C)C(=O)CN(c1cc(Cl)ccc1OC)S(=O)(=O)c1ccccc1. The summed E-state index contributed by atoms with van der Waals surface area (Å²) < 4.78 is 35.0. The molecule has 1 N–H and O–H groups in total. The molecule has 2 atom stereocenters. The van der Waals surface area contributed by atoms with Crippen molar-refractivity contribution in [1.82, 2.24) is 10.2 Å². The first-order chi connectivity index (χ1) is 22.0. The van der Waals surface area contributed by atoms with Crippen LogP contribution < -0.4 is 14.4 Å². The van der Waals surface area contributed by atoms with Crippen molar-refractivity contribution in [3.63, 3.8) is 0 Å². The minimum atomic E-state index is -4.29. The molecule has 4 aromatic rings. The van der Waals surface area contributed by atoms with Gasteiger partial charge in [0.2, 0.25) is 11.8 Å². The fraction of sp³-hybridized carbons (Fsp3) is 0.278. The zero-order chi connectivity index (χ0) is 33.3. The molecule has 242 valence electrons. The van der Waals surface area contributed by atoms with Crippen molar-refractivity contribution in [2.24, 2.45) is 0 Å². The first-order valence-corrected chi connectivity index (χ1v) is 17.0. The van der Waals surface area contributed by atoms with Crippen LogP contribution in [0.2, 0.25) is 5.02 Å². The van der Waals surface area contributed by atoms with Gasteiger partial charge in [0, 0.05) is 24.0 Å². The first-order valence-electron chi connectivity index (χ1n) is 15.1. The van der Waals surface area contributed by atoms with Gasteiger partial charge in [-0.3, -0.25) is 13.9 Å². The highest BCUT2D eigenvalue weighted by Gasteiger charge is 2.36. The lowest BCUT2D eigenvalue weighted by molar-refractivity contribution is -0.140. The monoisotopic (exact) mass is 661 g/mol. The van der Waals surface area contributed by atoms with Crippen LogP contribution in [0.5, 0.6) is 5.75 Å². The van der Waals surface area contributed by atoms with Gasteiger partial charge in [-0.05, 0) is 67.3 Å². The van der Waals surface area contributed by atoms with E-state index in [2.05, 4.69) is 5.32 Å². The van der Waals surface area contributed by atoms with Gasteiger partial charge in [0.25, 0.3) is 10.0 Å². The molecule has 10 heteroatoms. The van der Waals surface area contributed by atoms with E-state index in [0.29, 0.717) is 6.42 Å². The van der Waals surface area contributed by atoms with Crippen molar-refractivity contribution < 1.29 is 22.7 Å². The third-order valence-electron chi connectivity index (χ3n) is 7.89. The lowest BCUT2D eigenvalue weighted by atomic mass is 10.0. The van der Waals surface area contributed by atoms with Crippen molar-refractivity contribution in [1.29, 1.82) is 0 Å². The molecule has 4 aromatic carbocycles. The van der Waals surface area contributed by atoms with Crippen LogP contribution >= 0.6 is 11.6 Å². The number of sulfonamides is 1. The summed E-state index contributed by atoms with van der Waals surface area (Å²) in [4.78, 5) is 30.1.